The number of benzene rings is 1. The summed E-state index contributed by atoms with van der Waals surface area (Å²) >= 11 is 0. The number of fused-ring (bicyclic) bond motifs is 1. The maximum atomic E-state index is 12.9. The largest absolute Gasteiger partial charge is 0.491 e. The van der Waals surface area contributed by atoms with Crippen molar-refractivity contribution in [3.8, 4) is 5.75 Å². The van der Waals surface area contributed by atoms with Crippen molar-refractivity contribution >= 4 is 11.9 Å². The third-order valence-corrected chi connectivity index (χ3v) is 4.31. The molecule has 1 N–H and O–H groups in total. The van der Waals surface area contributed by atoms with Gasteiger partial charge in [0.2, 0.25) is 11.8 Å². The van der Waals surface area contributed by atoms with Gasteiger partial charge in [-0.3, -0.25) is 4.79 Å². The Labute approximate surface area is 131 Å². The molecular weight excluding hydrogens is 308 g/mol. The molecule has 2 aliphatic rings. The van der Waals surface area contributed by atoms with Crippen molar-refractivity contribution in [1.82, 2.24) is 4.90 Å². The molecule has 1 amide bonds. The zero-order valence-corrected chi connectivity index (χ0v) is 12.4. The molecule has 1 aliphatic carbocycles. The van der Waals surface area contributed by atoms with Crippen LogP contribution < -0.4 is 4.74 Å². The predicted molar refractivity (Wildman–Crippen MR) is 76.3 cm³/mol. The van der Waals surface area contributed by atoms with Gasteiger partial charge in [0.15, 0.2) is 6.04 Å². The van der Waals surface area contributed by atoms with E-state index in [1.54, 1.807) is 24.3 Å². The maximum absolute atomic E-state index is 12.9. The van der Waals surface area contributed by atoms with E-state index in [1.165, 1.54) is 4.90 Å². The van der Waals surface area contributed by atoms with E-state index in [0.717, 1.165) is 0 Å². The van der Waals surface area contributed by atoms with Gasteiger partial charge in [-0.2, -0.15) is 0 Å². The van der Waals surface area contributed by atoms with E-state index in [-0.39, 0.29) is 38.3 Å². The number of nitrogens with zero attached hydrogens (tertiary/aromatic N) is 1. The molecule has 1 unspecified atom stereocenters. The van der Waals surface area contributed by atoms with Crippen molar-refractivity contribution in [2.24, 2.45) is 5.92 Å². The second kappa shape index (κ2) is 5.79. The lowest BCUT2D eigenvalue weighted by Crippen LogP contribution is -2.43. The molecule has 1 aliphatic heterocycles. The molecule has 1 aromatic carbocycles. The Bertz CT molecular complexity index is 626. The summed E-state index contributed by atoms with van der Waals surface area (Å²) in [5, 5.41) is 9.55. The van der Waals surface area contributed by atoms with Crippen LogP contribution in [-0.4, -0.2) is 41.0 Å². The first kappa shape index (κ1) is 15.7. The summed E-state index contributed by atoms with van der Waals surface area (Å²) in [6.07, 6.45) is -0.670. The van der Waals surface area contributed by atoms with Crippen LogP contribution in [0.3, 0.4) is 0 Å². The Hall–Kier alpha value is -2.18. The zero-order chi connectivity index (χ0) is 16.6. The van der Waals surface area contributed by atoms with Crippen molar-refractivity contribution in [2.45, 2.75) is 31.2 Å². The van der Waals surface area contributed by atoms with Gasteiger partial charge < -0.3 is 14.7 Å². The number of rotatable bonds is 3. The number of aliphatic carboxylic acids is 1. The average molecular weight is 325 g/mol. The highest BCUT2D eigenvalue weighted by Crippen LogP contribution is 2.44. The normalized spacial score (nSPS) is 23.2. The van der Waals surface area contributed by atoms with E-state index in [4.69, 9.17) is 4.74 Å². The topological polar surface area (TPSA) is 66.8 Å². The zero-order valence-electron chi connectivity index (χ0n) is 12.4. The van der Waals surface area contributed by atoms with Gasteiger partial charge in [-0.15, -0.1) is 0 Å². The summed E-state index contributed by atoms with van der Waals surface area (Å²) in [6.45, 7) is 0.293. The van der Waals surface area contributed by atoms with Crippen LogP contribution in [0, 0.1) is 5.92 Å². The Morgan fingerprint density at radius 3 is 2.65 bits per heavy atom. The van der Waals surface area contributed by atoms with Gasteiger partial charge in [0.1, 0.15) is 12.4 Å². The summed E-state index contributed by atoms with van der Waals surface area (Å²) < 4.78 is 31.3. The second-order valence-electron chi connectivity index (χ2n) is 6.05. The van der Waals surface area contributed by atoms with Crippen LogP contribution in [0.1, 0.15) is 30.9 Å². The molecule has 3 rings (SSSR count). The van der Waals surface area contributed by atoms with Crippen molar-refractivity contribution in [3.63, 3.8) is 0 Å². The smallest absolute Gasteiger partial charge is 0.331 e. The number of hydrogen-bond donors (Lipinski definition) is 1. The summed E-state index contributed by atoms with van der Waals surface area (Å²) in [6, 6.07) is 5.52. The lowest BCUT2D eigenvalue weighted by atomic mass is 9.79. The third-order valence-electron chi connectivity index (χ3n) is 4.31. The quantitative estimate of drug-likeness (QED) is 0.927. The molecule has 124 valence electrons. The number of hydrogen-bond acceptors (Lipinski definition) is 3. The van der Waals surface area contributed by atoms with E-state index in [2.05, 4.69) is 0 Å². The molecule has 0 saturated heterocycles. The van der Waals surface area contributed by atoms with Crippen molar-refractivity contribution in [2.75, 3.05) is 13.2 Å². The fourth-order valence-corrected chi connectivity index (χ4v) is 3.22. The lowest BCUT2D eigenvalue weighted by Gasteiger charge is -2.36. The van der Waals surface area contributed by atoms with E-state index >= 15 is 0 Å². The van der Waals surface area contributed by atoms with Gasteiger partial charge in [-0.1, -0.05) is 18.2 Å². The number of halogens is 2. The molecule has 1 heterocycles. The standard InChI is InChI=1S/C16H17F2NO4/c17-16(18)8-10(9-16)7-13(20)19-5-6-23-12-4-2-1-3-11(12)14(19)15(21)22/h1-4,10,14H,5-9H2,(H,21,22). The third kappa shape index (κ3) is 3.13. The number of carbonyl (C=O) groups excluding carboxylic acids is 1. The molecule has 0 aromatic heterocycles. The fraction of sp³-hybridized carbons (Fsp3) is 0.500. The van der Waals surface area contributed by atoms with Crippen LogP contribution in [-0.2, 0) is 9.59 Å². The van der Waals surface area contributed by atoms with Crippen LogP contribution in [0.15, 0.2) is 24.3 Å². The summed E-state index contributed by atoms with van der Waals surface area (Å²) in [5.41, 5.74) is 0.407. The van der Waals surface area contributed by atoms with Gasteiger partial charge in [0.05, 0.1) is 6.54 Å². The van der Waals surface area contributed by atoms with E-state index < -0.39 is 23.8 Å². The molecule has 1 aromatic rings. The lowest BCUT2D eigenvalue weighted by molar-refractivity contribution is -0.154. The van der Waals surface area contributed by atoms with Gasteiger partial charge in [0.25, 0.3) is 0 Å². The SMILES string of the molecule is O=C(O)C1c2ccccc2OCCN1C(=O)CC1CC(F)(F)C1. The molecule has 0 spiro atoms. The van der Waals surface area contributed by atoms with Crippen LogP contribution in [0.25, 0.3) is 0 Å². The van der Waals surface area contributed by atoms with Crippen LogP contribution in [0.4, 0.5) is 8.78 Å². The summed E-state index contributed by atoms with van der Waals surface area (Å²) in [4.78, 5) is 25.4. The molecule has 23 heavy (non-hydrogen) atoms. The highest BCUT2D eigenvalue weighted by atomic mass is 19.3. The summed E-state index contributed by atoms with van der Waals surface area (Å²) in [5.74, 6) is -4.21. The molecule has 1 saturated carbocycles. The number of amides is 1. The second-order valence-corrected chi connectivity index (χ2v) is 6.05. The van der Waals surface area contributed by atoms with Gasteiger partial charge in [-0.05, 0) is 12.0 Å². The van der Waals surface area contributed by atoms with E-state index in [9.17, 15) is 23.5 Å². The first-order valence-electron chi connectivity index (χ1n) is 7.49. The maximum Gasteiger partial charge on any atom is 0.331 e. The molecular formula is C16H17F2NO4. The van der Waals surface area contributed by atoms with Gasteiger partial charge in [-0.25, -0.2) is 13.6 Å². The van der Waals surface area contributed by atoms with E-state index in [1.807, 2.05) is 0 Å². The van der Waals surface area contributed by atoms with E-state index in [0.29, 0.717) is 11.3 Å². The van der Waals surface area contributed by atoms with Gasteiger partial charge >= 0.3 is 5.97 Å². The first-order chi connectivity index (χ1) is 10.9. The Morgan fingerprint density at radius 1 is 1.30 bits per heavy atom. The number of para-hydroxylation sites is 1. The van der Waals surface area contributed by atoms with Crippen LogP contribution in [0.5, 0.6) is 5.75 Å². The fourth-order valence-electron chi connectivity index (χ4n) is 3.22. The number of carboxylic acids is 1. The molecule has 1 fully saturated rings. The first-order valence-corrected chi connectivity index (χ1v) is 7.49. The number of carboxylic acid groups (broad SMARTS) is 1. The molecule has 5 nitrogen and oxygen atoms in total. The highest BCUT2D eigenvalue weighted by Gasteiger charge is 2.47. The highest BCUT2D eigenvalue weighted by molar-refractivity contribution is 5.85. The van der Waals surface area contributed by atoms with Crippen molar-refractivity contribution in [3.05, 3.63) is 29.8 Å². The van der Waals surface area contributed by atoms with Crippen LogP contribution >= 0.6 is 0 Å². The summed E-state index contributed by atoms with van der Waals surface area (Å²) in [7, 11) is 0. The van der Waals surface area contributed by atoms with Gasteiger partial charge in [0, 0.05) is 24.8 Å². The Morgan fingerprint density at radius 2 is 2.00 bits per heavy atom. The molecule has 1 atom stereocenters. The van der Waals surface area contributed by atoms with Crippen molar-refractivity contribution < 1.29 is 28.2 Å². The molecule has 0 bridgehead atoms. The monoisotopic (exact) mass is 325 g/mol. The van der Waals surface area contributed by atoms with Crippen molar-refractivity contribution in [1.29, 1.82) is 0 Å². The predicted octanol–water partition coefficient (Wildman–Crippen LogP) is 2.47. The molecule has 7 heteroatoms. The van der Waals surface area contributed by atoms with Crippen LogP contribution in [0.2, 0.25) is 0 Å². The average Bonchev–Trinajstić information content (AvgIpc) is 2.64. The molecule has 0 radical (unpaired) electrons. The Kier molecular flexibility index (Phi) is 3.95. The minimum Gasteiger partial charge on any atom is -0.491 e. The minimum absolute atomic E-state index is 0.0540. The Balaban J connectivity index is 1.80. The number of alkyl halides is 2. The number of ether oxygens (including phenoxy) is 1. The number of carbonyl (C=O) groups is 2. The minimum atomic E-state index is -2.69.